The zero-order valence-corrected chi connectivity index (χ0v) is 14.4. The molecule has 1 aliphatic carbocycles. The summed E-state index contributed by atoms with van der Waals surface area (Å²) in [6.45, 7) is -0.781. The number of benzene rings is 1. The van der Waals surface area contributed by atoms with E-state index in [9.17, 15) is 36.2 Å². The molecule has 0 saturated carbocycles. The molecule has 0 bridgehead atoms. The number of hydrogen-bond donors (Lipinski definition) is 2. The largest absolute Gasteiger partial charge is 0.416 e. The molecule has 1 amide bonds. The van der Waals surface area contributed by atoms with E-state index in [1.165, 1.54) is 16.7 Å². The summed E-state index contributed by atoms with van der Waals surface area (Å²) in [5.74, 6) is -2.77. The third kappa shape index (κ3) is 2.94. The normalized spacial score (nSPS) is 20.8. The Labute approximate surface area is 155 Å². The van der Waals surface area contributed by atoms with Gasteiger partial charge < -0.3 is 15.0 Å². The minimum atomic E-state index is -4.83. The Morgan fingerprint density at radius 2 is 1.89 bits per heavy atom. The zero-order valence-electron chi connectivity index (χ0n) is 14.4. The molecule has 1 aromatic carbocycles. The monoisotopic (exact) mass is 406 g/mol. The number of carbonyl (C=O) groups is 1. The number of aromatic nitrogens is 1. The molecule has 1 aromatic heterocycles. The lowest BCUT2D eigenvalue weighted by Gasteiger charge is -2.28. The molecule has 0 spiro atoms. The van der Waals surface area contributed by atoms with E-state index < -0.39 is 43.2 Å². The number of halogens is 6. The number of aryl methyl sites for hydroxylation is 1. The van der Waals surface area contributed by atoms with Crippen LogP contribution in [0, 0.1) is 0 Å². The van der Waals surface area contributed by atoms with Crippen LogP contribution in [0.15, 0.2) is 12.1 Å². The fourth-order valence-corrected chi connectivity index (χ4v) is 4.31. The van der Waals surface area contributed by atoms with Gasteiger partial charge in [-0.3, -0.25) is 4.79 Å². The molecule has 0 saturated heterocycles. The lowest BCUT2D eigenvalue weighted by Crippen LogP contribution is -2.33. The van der Waals surface area contributed by atoms with Gasteiger partial charge in [-0.15, -0.1) is 0 Å². The standard InChI is InChI=1S/C18H16F6N2O2/c19-17(20,21)9-6-14(28)25-10-4-5-12-15(16(9)10)8-2-1-3-11(8)26(12)7-13(27)18(22,23)24/h4-5,9,13,27H,1-3,6-7H2,(H,25,28). The molecule has 4 nitrogen and oxygen atoms in total. The third-order valence-electron chi connectivity index (χ3n) is 5.47. The van der Waals surface area contributed by atoms with Crippen LogP contribution in [0.1, 0.15) is 35.6 Å². The lowest BCUT2D eigenvalue weighted by molar-refractivity contribution is -0.207. The summed E-state index contributed by atoms with van der Waals surface area (Å²) in [5, 5.41) is 12.2. The van der Waals surface area contributed by atoms with Crippen molar-refractivity contribution in [2.45, 2.75) is 56.6 Å². The average Bonchev–Trinajstić information content (AvgIpc) is 3.14. The van der Waals surface area contributed by atoms with Gasteiger partial charge in [-0.2, -0.15) is 26.3 Å². The summed E-state index contributed by atoms with van der Waals surface area (Å²) < 4.78 is 80.9. The average molecular weight is 406 g/mol. The number of hydrogen-bond acceptors (Lipinski definition) is 2. The Kier molecular flexibility index (Phi) is 4.18. The molecule has 28 heavy (non-hydrogen) atoms. The van der Waals surface area contributed by atoms with Crippen molar-refractivity contribution in [2.24, 2.45) is 0 Å². The molecular formula is C18H16F6N2O2. The predicted octanol–water partition coefficient (Wildman–Crippen LogP) is 4.04. The van der Waals surface area contributed by atoms with Crippen molar-refractivity contribution >= 4 is 22.5 Å². The molecule has 2 atom stereocenters. The first-order valence-corrected chi connectivity index (χ1v) is 8.76. The second-order valence-corrected chi connectivity index (χ2v) is 7.21. The summed E-state index contributed by atoms with van der Waals surface area (Å²) in [5.41, 5.74) is 1.26. The van der Waals surface area contributed by atoms with Gasteiger partial charge in [0.05, 0.1) is 12.5 Å². The number of nitrogens with zero attached hydrogens (tertiary/aromatic N) is 1. The molecule has 2 aromatic rings. The van der Waals surface area contributed by atoms with Gasteiger partial charge in [0, 0.05) is 28.7 Å². The molecule has 2 N–H and O–H groups in total. The van der Waals surface area contributed by atoms with E-state index in [0.29, 0.717) is 30.5 Å². The Morgan fingerprint density at radius 1 is 1.18 bits per heavy atom. The number of anilines is 1. The number of alkyl halides is 6. The van der Waals surface area contributed by atoms with Crippen molar-refractivity contribution in [3.8, 4) is 0 Å². The number of aliphatic hydroxyl groups excluding tert-OH is 1. The topological polar surface area (TPSA) is 54.3 Å². The molecule has 2 unspecified atom stereocenters. The van der Waals surface area contributed by atoms with E-state index in [4.69, 9.17) is 0 Å². The van der Waals surface area contributed by atoms with Crippen molar-refractivity contribution in [1.29, 1.82) is 0 Å². The number of carbonyl (C=O) groups excluding carboxylic acids is 1. The molecule has 2 heterocycles. The van der Waals surface area contributed by atoms with Crippen LogP contribution in [-0.4, -0.2) is 34.0 Å². The first-order chi connectivity index (χ1) is 13.0. The SMILES string of the molecule is O=C1CC(C(F)(F)F)c2c(ccc3c2c2c(n3CC(O)C(F)(F)F)CCC2)N1. The molecule has 10 heteroatoms. The molecule has 0 fully saturated rings. The van der Waals surface area contributed by atoms with Gasteiger partial charge in [0.25, 0.3) is 0 Å². The highest BCUT2D eigenvalue weighted by molar-refractivity contribution is 6.02. The van der Waals surface area contributed by atoms with Crippen molar-refractivity contribution in [2.75, 3.05) is 5.32 Å². The summed E-state index contributed by atoms with van der Waals surface area (Å²) in [6.07, 6.45) is -11.4. The molecular weight excluding hydrogens is 390 g/mol. The Morgan fingerprint density at radius 3 is 2.54 bits per heavy atom. The van der Waals surface area contributed by atoms with Crippen LogP contribution >= 0.6 is 0 Å². The minimum absolute atomic E-state index is 0.0364. The van der Waals surface area contributed by atoms with E-state index in [0.717, 1.165) is 0 Å². The Balaban J connectivity index is 1.96. The molecule has 152 valence electrons. The van der Waals surface area contributed by atoms with E-state index in [1.54, 1.807) is 0 Å². The second-order valence-electron chi connectivity index (χ2n) is 7.21. The highest BCUT2D eigenvalue weighted by atomic mass is 19.4. The zero-order chi connectivity index (χ0) is 20.4. The molecule has 2 aliphatic rings. The highest BCUT2D eigenvalue weighted by Gasteiger charge is 2.47. The van der Waals surface area contributed by atoms with Crippen LogP contribution in [0.4, 0.5) is 32.0 Å². The van der Waals surface area contributed by atoms with Crippen LogP contribution in [0.5, 0.6) is 0 Å². The fourth-order valence-electron chi connectivity index (χ4n) is 4.31. The van der Waals surface area contributed by atoms with Gasteiger partial charge >= 0.3 is 12.4 Å². The number of rotatable bonds is 2. The minimum Gasteiger partial charge on any atom is -0.382 e. The van der Waals surface area contributed by atoms with Gasteiger partial charge in [-0.1, -0.05) is 0 Å². The Bertz CT molecular complexity index is 960. The van der Waals surface area contributed by atoms with Crippen molar-refractivity contribution < 1.29 is 36.2 Å². The summed E-state index contributed by atoms with van der Waals surface area (Å²) in [6, 6.07) is 2.70. The van der Waals surface area contributed by atoms with Crippen molar-refractivity contribution in [1.82, 2.24) is 4.57 Å². The van der Waals surface area contributed by atoms with Crippen molar-refractivity contribution in [3.05, 3.63) is 29.0 Å². The molecule has 1 aliphatic heterocycles. The molecule has 0 radical (unpaired) electrons. The van der Waals surface area contributed by atoms with Gasteiger partial charge in [-0.25, -0.2) is 0 Å². The predicted molar refractivity (Wildman–Crippen MR) is 88.1 cm³/mol. The quantitative estimate of drug-likeness (QED) is 0.740. The van der Waals surface area contributed by atoms with Crippen LogP contribution in [0.25, 0.3) is 10.9 Å². The maximum Gasteiger partial charge on any atom is 0.416 e. The van der Waals surface area contributed by atoms with E-state index in [2.05, 4.69) is 5.32 Å². The first kappa shape index (κ1) is 19.1. The Hall–Kier alpha value is -2.23. The number of amides is 1. The first-order valence-electron chi connectivity index (χ1n) is 8.76. The van der Waals surface area contributed by atoms with E-state index in [1.807, 2.05) is 0 Å². The maximum atomic E-state index is 13.7. The lowest BCUT2D eigenvalue weighted by atomic mass is 9.86. The van der Waals surface area contributed by atoms with Gasteiger partial charge in [0.15, 0.2) is 6.10 Å². The summed E-state index contributed by atoms with van der Waals surface area (Å²) in [7, 11) is 0. The second kappa shape index (κ2) is 6.13. The van der Waals surface area contributed by atoms with E-state index >= 15 is 0 Å². The number of fused-ring (bicyclic) bond motifs is 5. The summed E-state index contributed by atoms with van der Waals surface area (Å²) in [4.78, 5) is 11.7. The van der Waals surface area contributed by atoms with E-state index in [-0.39, 0.29) is 22.2 Å². The van der Waals surface area contributed by atoms with Gasteiger partial charge in [-0.05, 0) is 42.5 Å². The van der Waals surface area contributed by atoms with Crippen LogP contribution in [0.3, 0.4) is 0 Å². The summed E-state index contributed by atoms with van der Waals surface area (Å²) >= 11 is 0. The number of nitrogens with one attached hydrogen (secondary N) is 1. The maximum absolute atomic E-state index is 13.7. The third-order valence-corrected chi connectivity index (χ3v) is 5.47. The van der Waals surface area contributed by atoms with Gasteiger partial charge in [0.1, 0.15) is 0 Å². The smallest absolute Gasteiger partial charge is 0.382 e. The molecule has 4 rings (SSSR count). The van der Waals surface area contributed by atoms with Crippen LogP contribution in [-0.2, 0) is 24.2 Å². The fraction of sp³-hybridized carbons (Fsp3) is 0.500. The highest BCUT2D eigenvalue weighted by Crippen LogP contribution is 2.49. The van der Waals surface area contributed by atoms with Gasteiger partial charge in [0.2, 0.25) is 5.91 Å². The number of aliphatic hydroxyl groups is 1. The van der Waals surface area contributed by atoms with Crippen LogP contribution in [0.2, 0.25) is 0 Å². The van der Waals surface area contributed by atoms with Crippen LogP contribution < -0.4 is 5.32 Å². The van der Waals surface area contributed by atoms with Crippen molar-refractivity contribution in [3.63, 3.8) is 0 Å².